The van der Waals surface area contributed by atoms with Crippen molar-refractivity contribution in [3.63, 3.8) is 0 Å². The van der Waals surface area contributed by atoms with Crippen LogP contribution in [0.4, 0.5) is 0 Å². The van der Waals surface area contributed by atoms with Crippen molar-refractivity contribution >= 4 is 22.5 Å². The monoisotopic (exact) mass is 366 g/mol. The average molecular weight is 367 g/mol. The van der Waals surface area contributed by atoms with E-state index >= 15 is 0 Å². The molecule has 0 aliphatic rings. The first-order chi connectivity index (χ1) is 11.8. The van der Waals surface area contributed by atoms with Crippen molar-refractivity contribution in [3.05, 3.63) is 29.3 Å². The Balaban J connectivity index is 2.42. The first-order valence-electron chi connectivity index (χ1n) is 10.3. The molecule has 0 aliphatic carbocycles. The number of unbranched alkanes of at least 4 members (excludes halogenated alkanes) is 10. The fraction of sp³-hybridized carbons (Fsp3) is 0.727. The third-order valence-corrected chi connectivity index (χ3v) is 6.08. The molecule has 0 amide bonds. The maximum Gasteiger partial charge on any atom is 0.0215 e. The van der Waals surface area contributed by atoms with Gasteiger partial charge in [-0.15, -0.1) is 11.7 Å². The summed E-state index contributed by atoms with van der Waals surface area (Å²) in [6.07, 6.45) is 19.0. The van der Waals surface area contributed by atoms with Crippen LogP contribution in [-0.4, -0.2) is 0 Å². The number of rotatable bonds is 15. The van der Waals surface area contributed by atoms with Crippen LogP contribution in [0.15, 0.2) is 23.1 Å². The Hall–Kier alpha value is -0.0800. The van der Waals surface area contributed by atoms with E-state index in [9.17, 15) is 0 Å². The molecule has 0 aromatic heterocycles. The SMILES string of the molecule is CCCCCCCCc1cccc(SS)c1CCCCCCCC. The highest BCUT2D eigenvalue weighted by atomic mass is 33.1. The van der Waals surface area contributed by atoms with Gasteiger partial charge in [-0.05, 0) is 42.9 Å². The summed E-state index contributed by atoms with van der Waals surface area (Å²) < 4.78 is 0. The van der Waals surface area contributed by atoms with E-state index in [4.69, 9.17) is 0 Å². The number of aryl methyl sites for hydroxylation is 1. The van der Waals surface area contributed by atoms with Crippen LogP contribution >= 0.6 is 22.5 Å². The van der Waals surface area contributed by atoms with E-state index in [1.165, 1.54) is 94.8 Å². The van der Waals surface area contributed by atoms with Crippen molar-refractivity contribution < 1.29 is 0 Å². The van der Waals surface area contributed by atoms with Gasteiger partial charge in [-0.1, -0.05) is 101 Å². The normalized spacial score (nSPS) is 11.1. The Bertz CT molecular complexity index is 414. The Morgan fingerprint density at radius 2 is 1.25 bits per heavy atom. The summed E-state index contributed by atoms with van der Waals surface area (Å²) in [5.74, 6) is 0. The van der Waals surface area contributed by atoms with Crippen molar-refractivity contribution in [2.24, 2.45) is 0 Å². The zero-order valence-electron chi connectivity index (χ0n) is 16.0. The molecule has 0 nitrogen and oxygen atoms in total. The van der Waals surface area contributed by atoms with Crippen LogP contribution in [0.3, 0.4) is 0 Å². The summed E-state index contributed by atoms with van der Waals surface area (Å²) >= 11 is 4.48. The lowest BCUT2D eigenvalue weighted by Gasteiger charge is -2.13. The maximum absolute atomic E-state index is 4.48. The fourth-order valence-electron chi connectivity index (χ4n) is 3.39. The molecule has 0 atom stereocenters. The molecule has 0 aliphatic heterocycles. The molecule has 0 heterocycles. The Labute approximate surface area is 160 Å². The molecule has 1 aromatic rings. The molecule has 0 N–H and O–H groups in total. The van der Waals surface area contributed by atoms with Gasteiger partial charge in [0.2, 0.25) is 0 Å². The van der Waals surface area contributed by atoms with Crippen molar-refractivity contribution in [2.45, 2.75) is 109 Å². The largest absolute Gasteiger partial charge is 0.106 e. The Morgan fingerprint density at radius 1 is 0.708 bits per heavy atom. The van der Waals surface area contributed by atoms with Gasteiger partial charge >= 0.3 is 0 Å². The second kappa shape index (κ2) is 15.2. The second-order valence-electron chi connectivity index (χ2n) is 7.02. The van der Waals surface area contributed by atoms with E-state index in [0.717, 1.165) is 0 Å². The summed E-state index contributed by atoms with van der Waals surface area (Å²) in [7, 11) is 1.63. The molecule has 0 spiro atoms. The molecule has 0 unspecified atom stereocenters. The van der Waals surface area contributed by atoms with Crippen LogP contribution in [0.5, 0.6) is 0 Å². The van der Waals surface area contributed by atoms with Crippen molar-refractivity contribution in [1.29, 1.82) is 0 Å². The fourth-order valence-corrected chi connectivity index (χ4v) is 4.39. The predicted molar refractivity (Wildman–Crippen MR) is 115 cm³/mol. The standard InChI is InChI=1S/C22H38S2/c1-3-5-7-9-11-13-16-20-17-15-19-22(24-23)21(20)18-14-12-10-8-6-4-2/h15,17,19,23H,3-14,16,18H2,1-2H3. The highest BCUT2D eigenvalue weighted by Crippen LogP contribution is 2.30. The summed E-state index contributed by atoms with van der Waals surface area (Å²) in [6, 6.07) is 6.82. The summed E-state index contributed by atoms with van der Waals surface area (Å²) in [5.41, 5.74) is 3.17. The predicted octanol–water partition coefficient (Wildman–Crippen LogP) is 8.43. The van der Waals surface area contributed by atoms with Crippen molar-refractivity contribution in [3.8, 4) is 0 Å². The number of thiol groups is 1. The minimum absolute atomic E-state index is 1.24. The van der Waals surface area contributed by atoms with E-state index in [-0.39, 0.29) is 0 Å². The van der Waals surface area contributed by atoms with Crippen LogP contribution in [0.1, 0.15) is 102 Å². The van der Waals surface area contributed by atoms with E-state index in [2.05, 4.69) is 43.7 Å². The molecule has 138 valence electrons. The van der Waals surface area contributed by atoms with Gasteiger partial charge in [-0.25, -0.2) is 0 Å². The number of hydrogen-bond donors (Lipinski definition) is 1. The van der Waals surface area contributed by atoms with Gasteiger partial charge < -0.3 is 0 Å². The van der Waals surface area contributed by atoms with Crippen molar-refractivity contribution in [2.75, 3.05) is 0 Å². The van der Waals surface area contributed by atoms with Gasteiger partial charge in [0.15, 0.2) is 0 Å². The quantitative estimate of drug-likeness (QED) is 0.184. The van der Waals surface area contributed by atoms with Gasteiger partial charge in [0, 0.05) is 4.90 Å². The number of benzene rings is 1. The number of hydrogen-bond acceptors (Lipinski definition) is 2. The third-order valence-electron chi connectivity index (χ3n) is 4.91. The molecular weight excluding hydrogens is 328 g/mol. The summed E-state index contributed by atoms with van der Waals surface area (Å²) in [4.78, 5) is 1.38. The van der Waals surface area contributed by atoms with Gasteiger partial charge in [-0.2, -0.15) is 0 Å². The van der Waals surface area contributed by atoms with Gasteiger partial charge in [0.05, 0.1) is 0 Å². The van der Waals surface area contributed by atoms with E-state index in [1.54, 1.807) is 21.9 Å². The zero-order chi connectivity index (χ0) is 17.5. The van der Waals surface area contributed by atoms with Gasteiger partial charge in [0.1, 0.15) is 0 Å². The second-order valence-corrected chi connectivity index (χ2v) is 8.19. The van der Waals surface area contributed by atoms with Crippen LogP contribution < -0.4 is 0 Å². The first-order valence-corrected chi connectivity index (χ1v) is 12.1. The summed E-state index contributed by atoms with van der Waals surface area (Å²) in [5, 5.41) is 0. The summed E-state index contributed by atoms with van der Waals surface area (Å²) in [6.45, 7) is 4.57. The van der Waals surface area contributed by atoms with Crippen LogP contribution in [-0.2, 0) is 12.8 Å². The molecule has 2 heteroatoms. The lowest BCUT2D eigenvalue weighted by molar-refractivity contribution is 0.597. The van der Waals surface area contributed by atoms with E-state index in [0.29, 0.717) is 0 Å². The lowest BCUT2D eigenvalue weighted by atomic mass is 9.96. The van der Waals surface area contributed by atoms with E-state index in [1.807, 2.05) is 0 Å². The van der Waals surface area contributed by atoms with Crippen molar-refractivity contribution in [1.82, 2.24) is 0 Å². The molecule has 0 bridgehead atoms. The molecule has 24 heavy (non-hydrogen) atoms. The molecule has 1 aromatic carbocycles. The topological polar surface area (TPSA) is 0 Å². The Kier molecular flexibility index (Phi) is 13.9. The molecule has 0 saturated heterocycles. The van der Waals surface area contributed by atoms with Crippen LogP contribution in [0.25, 0.3) is 0 Å². The van der Waals surface area contributed by atoms with Gasteiger partial charge in [-0.3, -0.25) is 0 Å². The Morgan fingerprint density at radius 3 is 1.83 bits per heavy atom. The molecular formula is C22H38S2. The highest BCUT2D eigenvalue weighted by molar-refractivity contribution is 8.68. The van der Waals surface area contributed by atoms with Gasteiger partial charge in [0.25, 0.3) is 0 Å². The average Bonchev–Trinajstić information content (AvgIpc) is 2.61. The molecule has 1 rings (SSSR count). The highest BCUT2D eigenvalue weighted by Gasteiger charge is 2.08. The minimum atomic E-state index is 1.24. The maximum atomic E-state index is 4.48. The zero-order valence-corrected chi connectivity index (χ0v) is 17.7. The smallest absolute Gasteiger partial charge is 0.0215 e. The molecule has 0 fully saturated rings. The van der Waals surface area contributed by atoms with Crippen LogP contribution in [0.2, 0.25) is 0 Å². The third kappa shape index (κ3) is 9.42. The van der Waals surface area contributed by atoms with Crippen LogP contribution in [0, 0.1) is 0 Å². The lowest BCUT2D eigenvalue weighted by Crippen LogP contribution is -1.98. The first kappa shape index (κ1) is 22.0. The molecule has 0 saturated carbocycles. The van der Waals surface area contributed by atoms with E-state index < -0.39 is 0 Å². The molecule has 0 radical (unpaired) electrons. The minimum Gasteiger partial charge on any atom is -0.106 e.